The maximum Gasteiger partial charge on any atom is 0.251 e. The Hall–Kier alpha value is -3.76. The van der Waals surface area contributed by atoms with E-state index in [1.807, 2.05) is 48.5 Å². The Bertz CT molecular complexity index is 1130. The molecule has 10 heteroatoms. The van der Waals surface area contributed by atoms with Gasteiger partial charge in [-0.3, -0.25) is 4.79 Å². The van der Waals surface area contributed by atoms with Crippen LogP contribution in [0.3, 0.4) is 0 Å². The number of nitrogens with one attached hydrogen (secondary N) is 4. The molecule has 1 aromatic heterocycles. The second kappa shape index (κ2) is 15.6. The minimum atomic E-state index is -0.103. The molecular formula is C29H39N7O3. The molecule has 1 fully saturated rings. The molecule has 1 saturated carbocycles. The molecule has 208 valence electrons. The molecule has 1 heterocycles. The lowest BCUT2D eigenvalue weighted by molar-refractivity contribution is 0.0519. The van der Waals surface area contributed by atoms with Crippen LogP contribution in [0.25, 0.3) is 0 Å². The van der Waals surface area contributed by atoms with Gasteiger partial charge in [0.2, 0.25) is 17.8 Å². The lowest BCUT2D eigenvalue weighted by atomic mass is 9.87. The van der Waals surface area contributed by atoms with Crippen LogP contribution in [0.4, 0.5) is 23.5 Å². The average Bonchev–Trinajstić information content (AvgIpc) is 2.96. The maximum atomic E-state index is 12.0. The predicted molar refractivity (Wildman–Crippen MR) is 153 cm³/mol. The molecule has 0 bridgehead atoms. The van der Waals surface area contributed by atoms with Gasteiger partial charge in [0.05, 0.1) is 26.4 Å². The number of nitrogens with zero attached hydrogens (tertiary/aromatic N) is 3. The van der Waals surface area contributed by atoms with Crippen LogP contribution in [0.2, 0.25) is 0 Å². The van der Waals surface area contributed by atoms with Crippen LogP contribution in [0.5, 0.6) is 0 Å². The molecule has 1 aliphatic rings. The third-order valence-electron chi connectivity index (χ3n) is 6.48. The highest BCUT2D eigenvalue weighted by Crippen LogP contribution is 2.26. The molecule has 1 amide bonds. The summed E-state index contributed by atoms with van der Waals surface area (Å²) in [7, 11) is 0. The Morgan fingerprint density at radius 2 is 1.38 bits per heavy atom. The third-order valence-corrected chi connectivity index (χ3v) is 6.48. The molecule has 0 aliphatic heterocycles. The number of hydrogen-bond acceptors (Lipinski definition) is 9. The summed E-state index contributed by atoms with van der Waals surface area (Å²) in [6.07, 6.45) is 4.66. The first-order valence-electron chi connectivity index (χ1n) is 13.7. The largest absolute Gasteiger partial charge is 0.377 e. The number of anilines is 4. The Morgan fingerprint density at radius 3 is 2.10 bits per heavy atom. The molecule has 0 radical (unpaired) electrons. The first-order valence-corrected chi connectivity index (χ1v) is 13.7. The van der Waals surface area contributed by atoms with E-state index in [-0.39, 0.29) is 5.91 Å². The van der Waals surface area contributed by atoms with Crippen molar-refractivity contribution in [2.45, 2.75) is 38.6 Å². The van der Waals surface area contributed by atoms with Crippen LogP contribution < -0.4 is 21.3 Å². The molecule has 3 aromatic rings. The molecule has 39 heavy (non-hydrogen) atoms. The van der Waals surface area contributed by atoms with Crippen LogP contribution in [-0.4, -0.2) is 66.4 Å². The van der Waals surface area contributed by atoms with E-state index in [2.05, 4.69) is 43.1 Å². The van der Waals surface area contributed by atoms with Gasteiger partial charge >= 0.3 is 0 Å². The molecule has 0 saturated heterocycles. The zero-order valence-electron chi connectivity index (χ0n) is 22.6. The number of amides is 1. The van der Waals surface area contributed by atoms with Gasteiger partial charge in [0.1, 0.15) is 0 Å². The van der Waals surface area contributed by atoms with Crippen molar-refractivity contribution in [1.82, 2.24) is 20.3 Å². The highest BCUT2D eigenvalue weighted by atomic mass is 16.5. The smallest absolute Gasteiger partial charge is 0.251 e. The van der Waals surface area contributed by atoms with Crippen molar-refractivity contribution in [3.05, 3.63) is 66.2 Å². The molecule has 10 nitrogen and oxygen atoms in total. The fourth-order valence-corrected chi connectivity index (χ4v) is 4.30. The highest BCUT2D eigenvalue weighted by molar-refractivity contribution is 5.94. The van der Waals surface area contributed by atoms with Crippen molar-refractivity contribution in [3.8, 4) is 0 Å². The molecular weight excluding hydrogens is 494 g/mol. The van der Waals surface area contributed by atoms with E-state index in [0.717, 1.165) is 24.4 Å². The van der Waals surface area contributed by atoms with Crippen molar-refractivity contribution in [3.63, 3.8) is 0 Å². The molecule has 4 N–H and O–H groups in total. The van der Waals surface area contributed by atoms with E-state index in [9.17, 15) is 4.79 Å². The summed E-state index contributed by atoms with van der Waals surface area (Å²) < 4.78 is 11.2. The topological polar surface area (TPSA) is 122 Å². The second-order valence-electron chi connectivity index (χ2n) is 9.67. The van der Waals surface area contributed by atoms with Crippen LogP contribution >= 0.6 is 0 Å². The zero-order chi connectivity index (χ0) is 27.1. The van der Waals surface area contributed by atoms with E-state index >= 15 is 0 Å². The summed E-state index contributed by atoms with van der Waals surface area (Å²) in [4.78, 5) is 25.7. The summed E-state index contributed by atoms with van der Waals surface area (Å²) in [5.41, 5.74) is 1.55. The summed E-state index contributed by atoms with van der Waals surface area (Å²) >= 11 is 0. The lowest BCUT2D eigenvalue weighted by Gasteiger charge is -2.27. The highest BCUT2D eigenvalue weighted by Gasteiger charge is 2.19. The average molecular weight is 534 g/mol. The normalized spacial score (nSPS) is 16.8. The minimum Gasteiger partial charge on any atom is -0.377 e. The van der Waals surface area contributed by atoms with Gasteiger partial charge in [-0.1, -0.05) is 43.3 Å². The van der Waals surface area contributed by atoms with Gasteiger partial charge in [0.15, 0.2) is 0 Å². The van der Waals surface area contributed by atoms with Crippen molar-refractivity contribution in [2.75, 3.05) is 55.5 Å². The third kappa shape index (κ3) is 10.1. The second-order valence-corrected chi connectivity index (χ2v) is 9.67. The van der Waals surface area contributed by atoms with Crippen molar-refractivity contribution < 1.29 is 14.3 Å². The van der Waals surface area contributed by atoms with Gasteiger partial charge in [-0.15, -0.1) is 0 Å². The van der Waals surface area contributed by atoms with Crippen molar-refractivity contribution in [2.24, 2.45) is 5.92 Å². The maximum absolute atomic E-state index is 12.0. The molecule has 1 aliphatic carbocycles. The van der Waals surface area contributed by atoms with Crippen molar-refractivity contribution in [1.29, 1.82) is 0 Å². The zero-order valence-corrected chi connectivity index (χ0v) is 22.6. The van der Waals surface area contributed by atoms with Gasteiger partial charge in [0.25, 0.3) is 5.91 Å². The Morgan fingerprint density at radius 1 is 0.769 bits per heavy atom. The fourth-order valence-electron chi connectivity index (χ4n) is 4.30. The number of benzene rings is 2. The Labute approximate surface area is 230 Å². The van der Waals surface area contributed by atoms with Crippen LogP contribution in [0.1, 0.15) is 43.0 Å². The van der Waals surface area contributed by atoms with E-state index in [1.165, 1.54) is 12.8 Å². The van der Waals surface area contributed by atoms with Gasteiger partial charge < -0.3 is 30.7 Å². The summed E-state index contributed by atoms with van der Waals surface area (Å²) in [5, 5.41) is 12.8. The Balaban J connectivity index is 1.16. The first kappa shape index (κ1) is 28.3. The summed E-state index contributed by atoms with van der Waals surface area (Å²) in [6, 6.07) is 19.3. The number of ether oxygens (including phenoxy) is 2. The number of rotatable bonds is 15. The predicted octanol–water partition coefficient (Wildman–Crippen LogP) is 4.48. The van der Waals surface area contributed by atoms with Gasteiger partial charge in [-0.25, -0.2) is 0 Å². The van der Waals surface area contributed by atoms with Crippen molar-refractivity contribution >= 4 is 29.4 Å². The van der Waals surface area contributed by atoms with E-state index in [1.54, 1.807) is 12.1 Å². The summed E-state index contributed by atoms with van der Waals surface area (Å²) in [5.74, 6) is 2.22. The molecule has 4 rings (SSSR count). The number of carbonyl (C=O) groups is 1. The molecule has 2 aromatic carbocycles. The van der Waals surface area contributed by atoms with Gasteiger partial charge in [0, 0.05) is 30.4 Å². The van der Waals surface area contributed by atoms with Gasteiger partial charge in [-0.05, 0) is 55.9 Å². The Kier molecular flexibility index (Phi) is 11.3. The molecule has 0 unspecified atom stereocenters. The number of aromatic nitrogens is 3. The van der Waals surface area contributed by atoms with E-state index < -0.39 is 0 Å². The van der Waals surface area contributed by atoms with E-state index in [0.29, 0.717) is 69.0 Å². The first-order chi connectivity index (χ1) is 19.2. The molecule has 0 spiro atoms. The number of para-hydroxylation sites is 1. The molecule has 0 atom stereocenters. The SMILES string of the molecule is CC1CCC(Nc2nc(NCCOCCOCCNC(=O)c3ccccc3)nc(Nc3ccccc3)n2)CC1. The summed E-state index contributed by atoms with van der Waals surface area (Å²) in [6.45, 7) is 5.12. The minimum absolute atomic E-state index is 0.103. The van der Waals surface area contributed by atoms with Crippen LogP contribution in [0.15, 0.2) is 60.7 Å². The van der Waals surface area contributed by atoms with Crippen LogP contribution in [-0.2, 0) is 9.47 Å². The van der Waals surface area contributed by atoms with E-state index in [4.69, 9.17) is 9.47 Å². The number of carbonyl (C=O) groups excluding carboxylic acids is 1. The van der Waals surface area contributed by atoms with Gasteiger partial charge in [-0.2, -0.15) is 15.0 Å². The quantitative estimate of drug-likeness (QED) is 0.209. The monoisotopic (exact) mass is 533 g/mol. The standard InChI is InChI=1S/C29H39N7O3/c1-22-12-14-25(15-13-22)33-29-35-27(34-28(36-29)32-24-10-6-3-7-11-24)31-17-19-39-21-20-38-18-16-30-26(37)23-8-4-2-5-9-23/h2-11,22,25H,12-21H2,1H3,(H,30,37)(H3,31,32,33,34,35,36). The van der Waals surface area contributed by atoms with Crippen LogP contribution in [0, 0.1) is 5.92 Å². The fraction of sp³-hybridized carbons (Fsp3) is 0.448. The number of hydrogen-bond donors (Lipinski definition) is 4. The lowest BCUT2D eigenvalue weighted by Crippen LogP contribution is -2.27.